The molecule has 3 nitrogen and oxygen atoms in total. The van der Waals surface area contributed by atoms with Crippen LogP contribution in [0.3, 0.4) is 0 Å². The molecule has 1 aromatic rings. The molecule has 0 radical (unpaired) electrons. The van der Waals surface area contributed by atoms with Gasteiger partial charge < -0.3 is 14.0 Å². The van der Waals surface area contributed by atoms with Crippen molar-refractivity contribution in [3.05, 3.63) is 29.8 Å². The molecule has 2 atom stereocenters. The number of methoxy groups -OCH3 is 1. The highest BCUT2D eigenvalue weighted by atomic mass is 16.7. The van der Waals surface area contributed by atoms with Crippen LogP contribution >= 0.6 is 0 Å². The smallest absolute Gasteiger partial charge is 0.461 e. The van der Waals surface area contributed by atoms with Crippen LogP contribution in [0.1, 0.15) is 45.6 Å². The van der Waals surface area contributed by atoms with E-state index in [-0.39, 0.29) is 18.3 Å². The summed E-state index contributed by atoms with van der Waals surface area (Å²) in [6.07, 6.45) is 1.13. The van der Waals surface area contributed by atoms with Gasteiger partial charge in [0.1, 0.15) is 5.75 Å². The number of hydrogen-bond donors (Lipinski definition) is 0. The number of hydrogen-bond acceptors (Lipinski definition) is 3. The molecule has 108 valence electrons. The first kappa shape index (κ1) is 14.0. The lowest BCUT2D eigenvalue weighted by Gasteiger charge is -2.32. The molecule has 0 bridgehead atoms. The highest BCUT2D eigenvalue weighted by Gasteiger charge is 2.59. The van der Waals surface area contributed by atoms with Gasteiger partial charge in [-0.1, -0.05) is 12.1 Å². The Hall–Kier alpha value is -0.995. The maximum Gasteiger partial charge on any atom is 0.461 e. The molecule has 1 heterocycles. The lowest BCUT2D eigenvalue weighted by molar-refractivity contribution is 0.00578. The molecule has 1 aliphatic carbocycles. The monoisotopic (exact) mass is 274 g/mol. The maximum atomic E-state index is 6.14. The van der Waals surface area contributed by atoms with Crippen LogP contribution in [-0.4, -0.2) is 25.4 Å². The van der Waals surface area contributed by atoms with Crippen LogP contribution < -0.4 is 4.74 Å². The highest BCUT2D eigenvalue weighted by Crippen LogP contribution is 2.58. The SMILES string of the molecule is COc1cccc([C@H]2C[C@H]2B2OC(C)(C)C(C)(C)O2)c1. The molecule has 0 aromatic heterocycles. The van der Waals surface area contributed by atoms with E-state index in [1.807, 2.05) is 12.1 Å². The molecular formula is C16H23BO3. The summed E-state index contributed by atoms with van der Waals surface area (Å²) < 4.78 is 17.6. The van der Waals surface area contributed by atoms with Gasteiger partial charge in [-0.05, 0) is 57.7 Å². The van der Waals surface area contributed by atoms with E-state index in [9.17, 15) is 0 Å². The van der Waals surface area contributed by atoms with E-state index in [1.54, 1.807) is 7.11 Å². The third-order valence-corrected chi connectivity index (χ3v) is 4.98. The molecule has 0 unspecified atom stereocenters. The molecule has 0 N–H and O–H groups in total. The van der Waals surface area contributed by atoms with E-state index in [2.05, 4.69) is 39.8 Å². The minimum absolute atomic E-state index is 0.0869. The molecule has 0 spiro atoms. The van der Waals surface area contributed by atoms with Gasteiger partial charge in [-0.25, -0.2) is 0 Å². The van der Waals surface area contributed by atoms with Gasteiger partial charge >= 0.3 is 7.12 Å². The number of rotatable bonds is 3. The summed E-state index contributed by atoms with van der Waals surface area (Å²) in [4.78, 5) is 0. The first-order chi connectivity index (χ1) is 9.34. The maximum absolute atomic E-state index is 6.14. The normalized spacial score (nSPS) is 30.4. The Labute approximate surface area is 121 Å². The van der Waals surface area contributed by atoms with Crippen molar-refractivity contribution in [1.29, 1.82) is 0 Å². The summed E-state index contributed by atoms with van der Waals surface area (Å²) in [6, 6.07) is 8.32. The lowest BCUT2D eigenvalue weighted by atomic mass is 9.79. The van der Waals surface area contributed by atoms with Crippen molar-refractivity contribution in [2.24, 2.45) is 0 Å². The third-order valence-electron chi connectivity index (χ3n) is 4.98. The average Bonchev–Trinajstić information content (AvgIpc) is 3.13. The van der Waals surface area contributed by atoms with Crippen LogP contribution in [-0.2, 0) is 9.31 Å². The molecule has 0 amide bonds. The Morgan fingerprint density at radius 3 is 2.40 bits per heavy atom. The van der Waals surface area contributed by atoms with Crippen molar-refractivity contribution in [3.8, 4) is 5.75 Å². The Balaban J connectivity index is 1.71. The average molecular weight is 274 g/mol. The predicted molar refractivity (Wildman–Crippen MR) is 80.2 cm³/mol. The molecule has 2 aliphatic rings. The number of benzene rings is 1. The molecule has 2 fully saturated rings. The molecule has 1 aliphatic heterocycles. The molecular weight excluding hydrogens is 251 g/mol. The highest BCUT2D eigenvalue weighted by molar-refractivity contribution is 6.49. The van der Waals surface area contributed by atoms with Gasteiger partial charge in [0.2, 0.25) is 0 Å². The first-order valence-corrected chi connectivity index (χ1v) is 7.34. The molecule has 3 rings (SSSR count). The summed E-state index contributed by atoms with van der Waals surface area (Å²) in [7, 11) is 1.62. The van der Waals surface area contributed by atoms with Crippen molar-refractivity contribution >= 4 is 7.12 Å². The second kappa shape index (κ2) is 4.50. The van der Waals surface area contributed by atoms with Gasteiger partial charge in [0.25, 0.3) is 0 Å². The molecule has 1 saturated heterocycles. The zero-order chi connectivity index (χ0) is 14.5. The van der Waals surface area contributed by atoms with Gasteiger partial charge in [0, 0.05) is 5.82 Å². The Bertz CT molecular complexity index is 496. The molecule has 1 saturated carbocycles. The predicted octanol–water partition coefficient (Wildman–Crippen LogP) is 3.64. The van der Waals surface area contributed by atoms with Crippen molar-refractivity contribution in [3.63, 3.8) is 0 Å². The van der Waals surface area contributed by atoms with Crippen LogP contribution in [0.2, 0.25) is 5.82 Å². The largest absolute Gasteiger partial charge is 0.497 e. The molecule has 20 heavy (non-hydrogen) atoms. The standard InChI is InChI=1S/C16H23BO3/c1-15(2)16(3,4)20-17(19-15)14-10-13(14)11-7-6-8-12(9-11)18-5/h6-9,13-14H,10H2,1-5H3/t13-,14-/m1/s1. The van der Waals surface area contributed by atoms with E-state index in [0.29, 0.717) is 11.7 Å². The van der Waals surface area contributed by atoms with E-state index in [1.165, 1.54) is 5.56 Å². The van der Waals surface area contributed by atoms with Crippen LogP contribution in [0.25, 0.3) is 0 Å². The third kappa shape index (κ3) is 2.25. The fraction of sp³-hybridized carbons (Fsp3) is 0.625. The Kier molecular flexibility index (Phi) is 3.14. The second-order valence-corrected chi connectivity index (χ2v) is 6.91. The van der Waals surface area contributed by atoms with Gasteiger partial charge in [0.05, 0.1) is 18.3 Å². The van der Waals surface area contributed by atoms with Crippen LogP contribution in [0.4, 0.5) is 0 Å². The number of ether oxygens (including phenoxy) is 1. The van der Waals surface area contributed by atoms with Gasteiger partial charge in [-0.2, -0.15) is 0 Å². The van der Waals surface area contributed by atoms with Crippen molar-refractivity contribution < 1.29 is 14.0 Å². The summed E-state index contributed by atoms with van der Waals surface area (Å²) >= 11 is 0. The minimum Gasteiger partial charge on any atom is -0.497 e. The second-order valence-electron chi connectivity index (χ2n) is 6.91. The van der Waals surface area contributed by atoms with E-state index >= 15 is 0 Å². The van der Waals surface area contributed by atoms with Gasteiger partial charge in [-0.3, -0.25) is 0 Å². The summed E-state index contributed by atoms with van der Waals surface area (Å²) in [6.45, 7) is 8.43. The topological polar surface area (TPSA) is 27.7 Å². The first-order valence-electron chi connectivity index (χ1n) is 7.34. The summed E-state index contributed by atoms with van der Waals surface area (Å²) in [5, 5.41) is 0. The summed E-state index contributed by atoms with van der Waals surface area (Å²) in [5.74, 6) is 1.91. The fourth-order valence-corrected chi connectivity index (χ4v) is 2.83. The van der Waals surface area contributed by atoms with Crippen molar-refractivity contribution in [2.45, 2.75) is 57.1 Å². The van der Waals surface area contributed by atoms with Crippen molar-refractivity contribution in [2.75, 3.05) is 7.11 Å². The van der Waals surface area contributed by atoms with Gasteiger partial charge in [-0.15, -0.1) is 0 Å². The van der Waals surface area contributed by atoms with Gasteiger partial charge in [0.15, 0.2) is 0 Å². The zero-order valence-corrected chi connectivity index (χ0v) is 13.0. The Morgan fingerprint density at radius 1 is 1.15 bits per heavy atom. The summed E-state index contributed by atoms with van der Waals surface area (Å²) in [5.41, 5.74) is 0.849. The molecule has 1 aromatic carbocycles. The van der Waals surface area contributed by atoms with Crippen molar-refractivity contribution in [1.82, 2.24) is 0 Å². The molecule has 4 heteroatoms. The minimum atomic E-state index is -0.237. The lowest BCUT2D eigenvalue weighted by Crippen LogP contribution is -2.41. The van der Waals surface area contributed by atoms with Crippen LogP contribution in [0.15, 0.2) is 24.3 Å². The fourth-order valence-electron chi connectivity index (χ4n) is 2.83. The van der Waals surface area contributed by atoms with Crippen LogP contribution in [0, 0.1) is 0 Å². The van der Waals surface area contributed by atoms with E-state index in [0.717, 1.165) is 12.2 Å². The van der Waals surface area contributed by atoms with Crippen LogP contribution in [0.5, 0.6) is 5.75 Å². The zero-order valence-electron chi connectivity index (χ0n) is 13.0. The quantitative estimate of drug-likeness (QED) is 0.787. The van der Waals surface area contributed by atoms with E-state index < -0.39 is 0 Å². The van der Waals surface area contributed by atoms with E-state index in [4.69, 9.17) is 14.0 Å². The Morgan fingerprint density at radius 2 is 1.80 bits per heavy atom.